The van der Waals surface area contributed by atoms with Crippen LogP contribution in [0.25, 0.3) is 11.4 Å². The molecule has 9 nitrogen and oxygen atoms in total. The molecule has 28 heavy (non-hydrogen) atoms. The minimum atomic E-state index is 0.249. The van der Waals surface area contributed by atoms with Crippen LogP contribution in [0.2, 0.25) is 0 Å². The highest BCUT2D eigenvalue weighted by molar-refractivity contribution is 7.99. The molecular weight excluding hydrogens is 376 g/mol. The maximum atomic E-state index is 5.67. The van der Waals surface area contributed by atoms with Gasteiger partial charge >= 0.3 is 0 Å². The van der Waals surface area contributed by atoms with Crippen molar-refractivity contribution >= 4 is 11.8 Å². The summed E-state index contributed by atoms with van der Waals surface area (Å²) >= 11 is 1.71. The van der Waals surface area contributed by atoms with Crippen LogP contribution in [0, 0.1) is 0 Å². The van der Waals surface area contributed by atoms with Crippen molar-refractivity contribution in [3.05, 3.63) is 30.3 Å². The number of nitrogens with zero attached hydrogens (tertiary/aromatic N) is 8. The van der Waals surface area contributed by atoms with E-state index in [0.717, 1.165) is 68.3 Å². The Labute approximate surface area is 167 Å². The second-order valence-electron chi connectivity index (χ2n) is 6.76. The molecule has 0 saturated carbocycles. The van der Waals surface area contributed by atoms with Crippen molar-refractivity contribution in [2.75, 3.05) is 12.4 Å². The SMILES string of the molecule is c1ccc(-c2nnn(CCCCCSc3nnnn3CC3CCCO3)n2)cc1. The zero-order valence-electron chi connectivity index (χ0n) is 15.7. The second kappa shape index (κ2) is 9.74. The van der Waals surface area contributed by atoms with Crippen LogP contribution in [0.3, 0.4) is 0 Å². The zero-order valence-corrected chi connectivity index (χ0v) is 16.5. The van der Waals surface area contributed by atoms with Gasteiger partial charge in [-0.05, 0) is 41.3 Å². The van der Waals surface area contributed by atoms with Gasteiger partial charge in [0.25, 0.3) is 0 Å². The van der Waals surface area contributed by atoms with E-state index in [9.17, 15) is 0 Å². The Morgan fingerprint density at radius 1 is 1.07 bits per heavy atom. The molecule has 1 aliphatic rings. The van der Waals surface area contributed by atoms with Crippen molar-refractivity contribution < 1.29 is 4.74 Å². The summed E-state index contributed by atoms with van der Waals surface area (Å²) in [6.45, 7) is 2.38. The van der Waals surface area contributed by atoms with Crippen LogP contribution in [0.1, 0.15) is 32.1 Å². The first-order chi connectivity index (χ1) is 13.9. The van der Waals surface area contributed by atoms with E-state index in [-0.39, 0.29) is 6.10 Å². The van der Waals surface area contributed by atoms with Gasteiger partial charge < -0.3 is 4.74 Å². The fourth-order valence-electron chi connectivity index (χ4n) is 3.13. The standard InChI is InChI=1S/C18H24N8OS/c1-3-8-15(9-4-1)17-19-23-26(21-17)11-5-2-6-13-28-18-20-22-24-25(18)14-16-10-7-12-27-16/h1,3-4,8-9,16H,2,5-7,10-14H2. The summed E-state index contributed by atoms with van der Waals surface area (Å²) in [4.78, 5) is 1.68. The van der Waals surface area contributed by atoms with Gasteiger partial charge in [0.1, 0.15) is 0 Å². The summed E-state index contributed by atoms with van der Waals surface area (Å²) in [5.74, 6) is 1.67. The average molecular weight is 401 g/mol. The van der Waals surface area contributed by atoms with Crippen molar-refractivity contribution in [2.24, 2.45) is 0 Å². The van der Waals surface area contributed by atoms with Gasteiger partial charge in [-0.1, -0.05) is 48.5 Å². The Morgan fingerprint density at radius 2 is 2.00 bits per heavy atom. The third kappa shape index (κ3) is 5.14. The lowest BCUT2D eigenvalue weighted by atomic mass is 10.2. The molecule has 1 saturated heterocycles. The molecule has 3 heterocycles. The molecule has 1 aliphatic heterocycles. The summed E-state index contributed by atoms with van der Waals surface area (Å²) in [5, 5.41) is 25.6. The molecule has 0 amide bonds. The molecule has 3 aromatic rings. The van der Waals surface area contributed by atoms with Crippen LogP contribution < -0.4 is 0 Å². The number of thioether (sulfide) groups is 1. The maximum Gasteiger partial charge on any atom is 0.209 e. The third-order valence-corrected chi connectivity index (χ3v) is 5.66. The molecule has 0 spiro atoms. The van der Waals surface area contributed by atoms with Gasteiger partial charge in [0, 0.05) is 17.9 Å². The lowest BCUT2D eigenvalue weighted by molar-refractivity contribution is 0.0912. The lowest BCUT2D eigenvalue weighted by Crippen LogP contribution is -2.16. The Bertz CT molecular complexity index is 846. The number of benzene rings is 1. The van der Waals surface area contributed by atoms with Gasteiger partial charge in [0.2, 0.25) is 11.0 Å². The first-order valence-corrected chi connectivity index (χ1v) is 10.7. The van der Waals surface area contributed by atoms with E-state index in [4.69, 9.17) is 4.74 Å². The lowest BCUT2D eigenvalue weighted by Gasteiger charge is -2.09. The molecule has 1 fully saturated rings. The first kappa shape index (κ1) is 19.0. The fourth-order valence-corrected chi connectivity index (χ4v) is 4.02. The topological polar surface area (TPSA) is 96.4 Å². The molecule has 0 radical (unpaired) electrons. The van der Waals surface area contributed by atoms with E-state index in [2.05, 4.69) is 30.9 Å². The molecule has 10 heteroatoms. The molecule has 0 bridgehead atoms. The fraction of sp³-hybridized carbons (Fsp3) is 0.556. The number of ether oxygens (including phenoxy) is 1. The highest BCUT2D eigenvalue weighted by Gasteiger charge is 2.18. The van der Waals surface area contributed by atoms with E-state index < -0.39 is 0 Å². The van der Waals surface area contributed by atoms with Gasteiger partial charge in [-0.15, -0.1) is 15.3 Å². The van der Waals surface area contributed by atoms with E-state index in [1.807, 2.05) is 35.0 Å². The molecule has 1 aromatic carbocycles. The summed E-state index contributed by atoms with van der Waals surface area (Å²) < 4.78 is 7.53. The van der Waals surface area contributed by atoms with Crippen LogP contribution >= 0.6 is 11.8 Å². The largest absolute Gasteiger partial charge is 0.376 e. The van der Waals surface area contributed by atoms with E-state index in [0.29, 0.717) is 5.82 Å². The second-order valence-corrected chi connectivity index (χ2v) is 7.82. The Morgan fingerprint density at radius 3 is 2.86 bits per heavy atom. The maximum absolute atomic E-state index is 5.67. The van der Waals surface area contributed by atoms with E-state index >= 15 is 0 Å². The Balaban J connectivity index is 1.14. The summed E-state index contributed by atoms with van der Waals surface area (Å²) in [7, 11) is 0. The Hall–Kier alpha value is -2.33. The van der Waals surface area contributed by atoms with Crippen molar-refractivity contribution in [3.63, 3.8) is 0 Å². The summed E-state index contributed by atoms with van der Waals surface area (Å²) in [5.41, 5.74) is 0.992. The zero-order chi connectivity index (χ0) is 19.0. The first-order valence-electron chi connectivity index (χ1n) is 9.72. The van der Waals surface area contributed by atoms with Gasteiger partial charge in [0.05, 0.1) is 19.2 Å². The van der Waals surface area contributed by atoms with Crippen LogP contribution in [0.4, 0.5) is 0 Å². The van der Waals surface area contributed by atoms with Gasteiger partial charge in [-0.2, -0.15) is 4.80 Å². The third-order valence-electron chi connectivity index (χ3n) is 4.62. The smallest absolute Gasteiger partial charge is 0.209 e. The van der Waals surface area contributed by atoms with E-state index in [1.54, 1.807) is 16.6 Å². The van der Waals surface area contributed by atoms with Crippen molar-refractivity contribution in [1.29, 1.82) is 0 Å². The predicted molar refractivity (Wildman–Crippen MR) is 105 cm³/mol. The number of rotatable bonds is 10. The van der Waals surface area contributed by atoms with Crippen molar-refractivity contribution in [1.82, 2.24) is 40.4 Å². The van der Waals surface area contributed by atoms with Crippen LogP contribution in [0.15, 0.2) is 35.5 Å². The average Bonchev–Trinajstić information content (AvgIpc) is 3.49. The molecule has 0 N–H and O–H groups in total. The number of hydrogen-bond donors (Lipinski definition) is 0. The number of aryl methyl sites for hydroxylation is 1. The highest BCUT2D eigenvalue weighted by Crippen LogP contribution is 2.19. The molecular formula is C18H24N8OS. The minimum absolute atomic E-state index is 0.249. The Kier molecular flexibility index (Phi) is 6.61. The van der Waals surface area contributed by atoms with Crippen molar-refractivity contribution in [2.45, 2.75) is 56.5 Å². The van der Waals surface area contributed by atoms with Gasteiger partial charge in [0.15, 0.2) is 0 Å². The molecule has 0 aliphatic carbocycles. The number of aromatic nitrogens is 8. The number of unbranched alkanes of at least 4 members (excludes halogenated alkanes) is 2. The number of hydrogen-bond acceptors (Lipinski definition) is 8. The minimum Gasteiger partial charge on any atom is -0.376 e. The van der Waals surface area contributed by atoms with Crippen molar-refractivity contribution in [3.8, 4) is 11.4 Å². The molecule has 148 valence electrons. The van der Waals surface area contributed by atoms with Gasteiger partial charge in [-0.3, -0.25) is 0 Å². The van der Waals surface area contributed by atoms with Gasteiger partial charge in [-0.25, -0.2) is 4.68 Å². The normalized spacial score (nSPS) is 16.6. The van der Waals surface area contributed by atoms with E-state index in [1.165, 1.54) is 0 Å². The molecule has 1 atom stereocenters. The van der Waals surface area contributed by atoms with Crippen LogP contribution in [0.5, 0.6) is 0 Å². The summed E-state index contributed by atoms with van der Waals surface area (Å²) in [6, 6.07) is 9.92. The monoisotopic (exact) mass is 400 g/mol. The predicted octanol–water partition coefficient (Wildman–Crippen LogP) is 2.47. The number of tetrazole rings is 2. The molecule has 1 unspecified atom stereocenters. The molecule has 4 rings (SSSR count). The molecule has 2 aromatic heterocycles. The quantitative estimate of drug-likeness (QED) is 0.378. The summed E-state index contributed by atoms with van der Waals surface area (Å²) in [6.07, 6.45) is 5.68. The van der Waals surface area contributed by atoms with Crippen LogP contribution in [-0.4, -0.2) is 58.9 Å². The highest BCUT2D eigenvalue weighted by atomic mass is 32.2. The van der Waals surface area contributed by atoms with Crippen LogP contribution in [-0.2, 0) is 17.8 Å².